The van der Waals surface area contributed by atoms with Gasteiger partial charge in [-0.2, -0.15) is 0 Å². The lowest BCUT2D eigenvalue weighted by molar-refractivity contribution is -0.169. The maximum Gasteiger partial charge on any atom is 0.317 e. The Bertz CT molecular complexity index is 550. The predicted molar refractivity (Wildman–Crippen MR) is 92.0 cm³/mol. The van der Waals surface area contributed by atoms with Crippen LogP contribution in [0.3, 0.4) is 0 Å². The van der Waals surface area contributed by atoms with Crippen molar-refractivity contribution in [3.8, 4) is 0 Å². The zero-order valence-electron chi connectivity index (χ0n) is 14.4. The molecular weight excluding hydrogens is 310 g/mol. The largest absolute Gasteiger partial charge is 0.375 e. The SMILES string of the molecule is CC(C)(C)c1nc(CCNC(=O)N2CCC3(CCO3)CC2)cs1. The number of piperidine rings is 1. The Labute approximate surface area is 142 Å². The molecule has 2 aliphatic heterocycles. The first kappa shape index (κ1) is 16.7. The van der Waals surface area contributed by atoms with Gasteiger partial charge in [-0.25, -0.2) is 9.78 Å². The molecule has 2 fully saturated rings. The van der Waals surface area contributed by atoms with Gasteiger partial charge in [0, 0.05) is 36.9 Å². The number of aromatic nitrogens is 1. The van der Waals surface area contributed by atoms with E-state index in [4.69, 9.17) is 4.74 Å². The van der Waals surface area contributed by atoms with E-state index < -0.39 is 0 Å². The summed E-state index contributed by atoms with van der Waals surface area (Å²) in [6.07, 6.45) is 3.89. The number of nitrogens with one attached hydrogen (secondary N) is 1. The number of hydrogen-bond acceptors (Lipinski definition) is 4. The van der Waals surface area contributed by atoms with Crippen LogP contribution in [0.15, 0.2) is 5.38 Å². The van der Waals surface area contributed by atoms with E-state index in [2.05, 4.69) is 36.5 Å². The molecule has 1 aromatic heterocycles. The van der Waals surface area contributed by atoms with E-state index in [1.165, 1.54) is 0 Å². The molecule has 3 heterocycles. The van der Waals surface area contributed by atoms with E-state index >= 15 is 0 Å². The molecule has 6 heteroatoms. The van der Waals surface area contributed by atoms with E-state index in [-0.39, 0.29) is 17.0 Å². The smallest absolute Gasteiger partial charge is 0.317 e. The average Bonchev–Trinajstić information content (AvgIpc) is 2.94. The number of likely N-dealkylation sites (tertiary alicyclic amines) is 1. The van der Waals surface area contributed by atoms with Crippen molar-refractivity contribution in [3.63, 3.8) is 0 Å². The molecule has 5 nitrogen and oxygen atoms in total. The molecule has 2 amide bonds. The van der Waals surface area contributed by atoms with Crippen LogP contribution in [0.25, 0.3) is 0 Å². The molecule has 3 rings (SSSR count). The van der Waals surface area contributed by atoms with Crippen molar-refractivity contribution < 1.29 is 9.53 Å². The van der Waals surface area contributed by atoms with Gasteiger partial charge < -0.3 is 15.0 Å². The monoisotopic (exact) mass is 337 g/mol. The molecule has 2 aliphatic rings. The van der Waals surface area contributed by atoms with Crippen molar-refractivity contribution in [2.24, 2.45) is 0 Å². The van der Waals surface area contributed by atoms with Crippen LogP contribution in [0.5, 0.6) is 0 Å². The van der Waals surface area contributed by atoms with Crippen molar-refractivity contribution >= 4 is 17.4 Å². The first-order valence-corrected chi connectivity index (χ1v) is 9.38. The van der Waals surface area contributed by atoms with E-state index in [1.54, 1.807) is 11.3 Å². The molecule has 1 spiro atoms. The summed E-state index contributed by atoms with van der Waals surface area (Å²) in [5.74, 6) is 0. The molecule has 0 atom stereocenters. The van der Waals surface area contributed by atoms with Gasteiger partial charge >= 0.3 is 6.03 Å². The zero-order chi connectivity index (χ0) is 16.5. The Morgan fingerprint density at radius 2 is 2.09 bits per heavy atom. The first-order valence-electron chi connectivity index (χ1n) is 8.50. The maximum atomic E-state index is 12.2. The minimum Gasteiger partial charge on any atom is -0.375 e. The standard InChI is InChI=1S/C17H27N3O2S/c1-16(2,3)14-19-13(12-23-14)4-8-18-15(21)20-9-5-17(6-10-20)7-11-22-17/h12H,4-11H2,1-3H3,(H,18,21). The first-order chi connectivity index (χ1) is 10.9. The maximum absolute atomic E-state index is 12.2. The lowest BCUT2D eigenvalue weighted by Gasteiger charge is -2.47. The van der Waals surface area contributed by atoms with Crippen LogP contribution in [0.2, 0.25) is 0 Å². The number of hydrogen-bond donors (Lipinski definition) is 1. The second-order valence-corrected chi connectivity index (χ2v) is 8.50. The fraction of sp³-hybridized carbons (Fsp3) is 0.765. The van der Waals surface area contributed by atoms with Gasteiger partial charge in [-0.1, -0.05) is 20.8 Å². The highest BCUT2D eigenvalue weighted by Gasteiger charge is 2.41. The summed E-state index contributed by atoms with van der Waals surface area (Å²) < 4.78 is 5.69. The second kappa shape index (κ2) is 6.40. The minimum atomic E-state index is 0.0467. The summed E-state index contributed by atoms with van der Waals surface area (Å²) >= 11 is 1.70. The molecule has 1 aromatic rings. The van der Waals surface area contributed by atoms with Gasteiger partial charge in [0.2, 0.25) is 0 Å². The number of rotatable bonds is 3. The normalized spacial score (nSPS) is 20.4. The molecule has 0 unspecified atom stereocenters. The Hall–Kier alpha value is -1.14. The van der Waals surface area contributed by atoms with Crippen LogP contribution >= 0.6 is 11.3 Å². The number of amides is 2. The highest BCUT2D eigenvalue weighted by Crippen LogP contribution is 2.36. The van der Waals surface area contributed by atoms with E-state index in [0.717, 1.165) is 56.1 Å². The van der Waals surface area contributed by atoms with Crippen LogP contribution < -0.4 is 5.32 Å². The summed E-state index contributed by atoms with van der Waals surface area (Å²) in [4.78, 5) is 18.8. The highest BCUT2D eigenvalue weighted by molar-refractivity contribution is 7.09. The zero-order valence-corrected chi connectivity index (χ0v) is 15.2. The van der Waals surface area contributed by atoms with E-state index in [1.807, 2.05) is 4.90 Å². The molecule has 2 saturated heterocycles. The summed E-state index contributed by atoms with van der Waals surface area (Å²) in [6.45, 7) is 9.65. The summed E-state index contributed by atoms with van der Waals surface area (Å²) in [5, 5.41) is 6.28. The van der Waals surface area contributed by atoms with Gasteiger partial charge in [0.05, 0.1) is 22.9 Å². The van der Waals surface area contributed by atoms with Gasteiger partial charge in [0.25, 0.3) is 0 Å². The second-order valence-electron chi connectivity index (χ2n) is 7.64. The number of ether oxygens (including phenoxy) is 1. The Kier molecular flexibility index (Phi) is 4.65. The minimum absolute atomic E-state index is 0.0467. The molecule has 128 valence electrons. The number of carbonyl (C=O) groups is 1. The van der Waals surface area contributed by atoms with Crippen LogP contribution in [-0.4, -0.2) is 47.8 Å². The van der Waals surface area contributed by atoms with Crippen molar-refractivity contribution in [1.29, 1.82) is 0 Å². The van der Waals surface area contributed by atoms with Gasteiger partial charge in [-0.05, 0) is 19.3 Å². The van der Waals surface area contributed by atoms with Crippen LogP contribution in [0, 0.1) is 0 Å². The molecule has 0 bridgehead atoms. The third-order valence-corrected chi connectivity index (χ3v) is 6.10. The Balaban J connectivity index is 1.40. The van der Waals surface area contributed by atoms with Crippen LogP contribution in [0.4, 0.5) is 4.79 Å². The molecule has 1 N–H and O–H groups in total. The van der Waals surface area contributed by atoms with Gasteiger partial charge in [-0.15, -0.1) is 11.3 Å². The predicted octanol–water partition coefficient (Wildman–Crippen LogP) is 2.95. The van der Waals surface area contributed by atoms with Crippen molar-refractivity contribution in [1.82, 2.24) is 15.2 Å². The molecular formula is C17H27N3O2S. The van der Waals surface area contributed by atoms with Gasteiger partial charge in [-0.3, -0.25) is 0 Å². The third-order valence-electron chi connectivity index (χ3n) is 4.78. The fourth-order valence-corrected chi connectivity index (χ4v) is 4.02. The molecule has 0 radical (unpaired) electrons. The Morgan fingerprint density at radius 3 is 2.61 bits per heavy atom. The summed E-state index contributed by atoms with van der Waals surface area (Å²) in [5.41, 5.74) is 1.26. The number of carbonyl (C=O) groups excluding carboxylic acids is 1. The number of thiazole rings is 1. The quantitative estimate of drug-likeness (QED) is 0.922. The van der Waals surface area contributed by atoms with E-state index in [0.29, 0.717) is 6.54 Å². The van der Waals surface area contributed by atoms with Crippen molar-refractivity contribution in [3.05, 3.63) is 16.1 Å². The average molecular weight is 337 g/mol. The van der Waals surface area contributed by atoms with Crippen LogP contribution in [0.1, 0.15) is 50.7 Å². The lowest BCUT2D eigenvalue weighted by atomic mass is 9.84. The summed E-state index contributed by atoms with van der Waals surface area (Å²) in [6, 6.07) is 0.0467. The van der Waals surface area contributed by atoms with Crippen molar-refractivity contribution in [2.45, 2.75) is 57.5 Å². The van der Waals surface area contributed by atoms with Gasteiger partial charge in [0.15, 0.2) is 0 Å². The van der Waals surface area contributed by atoms with Gasteiger partial charge in [0.1, 0.15) is 0 Å². The molecule has 23 heavy (non-hydrogen) atoms. The number of urea groups is 1. The Morgan fingerprint density at radius 1 is 1.39 bits per heavy atom. The summed E-state index contributed by atoms with van der Waals surface area (Å²) in [7, 11) is 0. The molecule has 0 aromatic carbocycles. The topological polar surface area (TPSA) is 54.5 Å². The fourth-order valence-electron chi connectivity index (χ4n) is 3.08. The number of nitrogens with zero attached hydrogens (tertiary/aromatic N) is 2. The van der Waals surface area contributed by atoms with Crippen LogP contribution in [-0.2, 0) is 16.6 Å². The van der Waals surface area contributed by atoms with E-state index in [9.17, 15) is 4.79 Å². The van der Waals surface area contributed by atoms with Crippen molar-refractivity contribution in [2.75, 3.05) is 26.2 Å². The molecule has 0 aliphatic carbocycles. The highest BCUT2D eigenvalue weighted by atomic mass is 32.1. The third kappa shape index (κ3) is 3.86. The lowest BCUT2D eigenvalue weighted by Crippen LogP contribution is -2.55. The molecule has 0 saturated carbocycles.